The summed E-state index contributed by atoms with van der Waals surface area (Å²) in [7, 11) is 0. The van der Waals surface area contributed by atoms with Crippen LogP contribution >= 0.6 is 0 Å². The van der Waals surface area contributed by atoms with Gasteiger partial charge in [-0.15, -0.1) is 0 Å². The zero-order valence-corrected chi connectivity index (χ0v) is 13.5. The lowest BCUT2D eigenvalue weighted by atomic mass is 9.83. The molecule has 120 valence electrons. The molecular formula is C20H17NO3. The molecule has 0 unspecified atom stereocenters. The van der Waals surface area contributed by atoms with E-state index >= 15 is 0 Å². The second-order valence-electron chi connectivity index (χ2n) is 5.62. The van der Waals surface area contributed by atoms with Crippen LogP contribution in [0.4, 0.5) is 0 Å². The Morgan fingerprint density at radius 2 is 1.71 bits per heavy atom. The number of carbonyl (C=O) groups is 2. The van der Waals surface area contributed by atoms with Gasteiger partial charge in [0.2, 0.25) is 5.78 Å². The molecular weight excluding hydrogens is 302 g/mol. The topological polar surface area (TPSA) is 66.7 Å². The van der Waals surface area contributed by atoms with Gasteiger partial charge in [-0.25, -0.2) is 0 Å². The van der Waals surface area contributed by atoms with E-state index in [0.717, 1.165) is 5.56 Å². The molecule has 0 aromatic heterocycles. The van der Waals surface area contributed by atoms with E-state index in [4.69, 9.17) is 0 Å². The maximum atomic E-state index is 12.9. The highest BCUT2D eigenvalue weighted by atomic mass is 16.3. The number of ketones is 2. The van der Waals surface area contributed by atoms with Gasteiger partial charge in [0.15, 0.2) is 11.5 Å². The van der Waals surface area contributed by atoms with E-state index in [1.807, 2.05) is 32.0 Å². The van der Waals surface area contributed by atoms with Gasteiger partial charge in [0, 0.05) is 23.2 Å². The quantitative estimate of drug-likeness (QED) is 0.877. The third-order valence-corrected chi connectivity index (χ3v) is 3.94. The zero-order chi connectivity index (χ0) is 17.3. The Kier molecular flexibility index (Phi) is 4.13. The van der Waals surface area contributed by atoms with Crippen molar-refractivity contribution in [3.63, 3.8) is 0 Å². The molecule has 2 aromatic rings. The number of hydrogen-bond acceptors (Lipinski definition) is 4. The smallest absolute Gasteiger partial charge is 0.228 e. The lowest BCUT2D eigenvalue weighted by Crippen LogP contribution is -2.27. The minimum absolute atomic E-state index is 0.0237. The van der Waals surface area contributed by atoms with Gasteiger partial charge in [-0.2, -0.15) is 0 Å². The molecule has 0 saturated carbocycles. The number of Topliss-reactive ketones (excluding diaryl/α,β-unsaturated/α-hetero) is 2. The van der Waals surface area contributed by atoms with E-state index in [-0.39, 0.29) is 16.9 Å². The number of nitrogens with zero attached hydrogens (tertiary/aromatic N) is 1. The molecule has 4 heteroatoms. The molecule has 0 heterocycles. The van der Waals surface area contributed by atoms with Gasteiger partial charge >= 0.3 is 0 Å². The number of rotatable bonds is 3. The summed E-state index contributed by atoms with van der Waals surface area (Å²) in [5.74, 6) is -1.45. The van der Waals surface area contributed by atoms with Gasteiger partial charge in [0.25, 0.3) is 0 Å². The van der Waals surface area contributed by atoms with Crippen LogP contribution in [0, 0.1) is 6.92 Å². The predicted octanol–water partition coefficient (Wildman–Crippen LogP) is 3.70. The van der Waals surface area contributed by atoms with Gasteiger partial charge in [0.05, 0.1) is 11.3 Å². The van der Waals surface area contributed by atoms with Crippen molar-refractivity contribution in [1.29, 1.82) is 0 Å². The van der Waals surface area contributed by atoms with Crippen LogP contribution in [-0.4, -0.2) is 28.9 Å². The minimum Gasteiger partial charge on any atom is -0.504 e. The number of fused-ring (bicyclic) bond motifs is 1. The fraction of sp³-hybridized carbons (Fsp3) is 0.150. The summed E-state index contributed by atoms with van der Waals surface area (Å²) in [5.41, 5.74) is 2.42. The Morgan fingerprint density at radius 1 is 1.00 bits per heavy atom. The Morgan fingerprint density at radius 3 is 2.38 bits per heavy atom. The van der Waals surface area contributed by atoms with E-state index < -0.39 is 11.5 Å². The Hall–Kier alpha value is -3.01. The van der Waals surface area contributed by atoms with Crippen molar-refractivity contribution in [2.45, 2.75) is 13.8 Å². The molecule has 0 atom stereocenters. The second kappa shape index (κ2) is 6.24. The van der Waals surface area contributed by atoms with E-state index in [2.05, 4.69) is 4.99 Å². The molecule has 1 aliphatic rings. The van der Waals surface area contributed by atoms with Crippen molar-refractivity contribution in [2.75, 3.05) is 6.54 Å². The Labute approximate surface area is 140 Å². The summed E-state index contributed by atoms with van der Waals surface area (Å²) in [6.45, 7) is 4.11. The fourth-order valence-corrected chi connectivity index (χ4v) is 2.82. The van der Waals surface area contributed by atoms with E-state index in [1.165, 1.54) is 0 Å². The molecule has 0 radical (unpaired) electrons. The molecule has 0 saturated heterocycles. The van der Waals surface area contributed by atoms with Crippen LogP contribution in [0.15, 0.2) is 64.9 Å². The first-order chi connectivity index (χ1) is 11.5. The highest BCUT2D eigenvalue weighted by Crippen LogP contribution is 2.28. The number of hydrogen-bond donors (Lipinski definition) is 1. The van der Waals surface area contributed by atoms with Crippen molar-refractivity contribution in [2.24, 2.45) is 4.99 Å². The number of benzene rings is 2. The third-order valence-electron chi connectivity index (χ3n) is 3.94. The lowest BCUT2D eigenvalue weighted by Gasteiger charge is -2.19. The molecule has 2 aromatic carbocycles. The van der Waals surface area contributed by atoms with Gasteiger partial charge in [-0.1, -0.05) is 48.0 Å². The standard InChI is InChI=1S/C20H17NO3/c1-3-21-17(13-7-5-4-6-8-13)16-18(22)14-10-9-12(2)11-15(14)19(23)20(16)24/h4-11,24H,3H2,1-2H3/b21-17-. The first kappa shape index (κ1) is 15.9. The van der Waals surface area contributed by atoms with Gasteiger partial charge < -0.3 is 5.11 Å². The number of allylic oxidation sites excluding steroid dienone is 2. The van der Waals surface area contributed by atoms with Crippen molar-refractivity contribution in [3.05, 3.63) is 82.1 Å². The molecule has 0 bridgehead atoms. The average Bonchev–Trinajstić information content (AvgIpc) is 2.60. The van der Waals surface area contributed by atoms with E-state index in [1.54, 1.807) is 30.3 Å². The third kappa shape index (κ3) is 2.56. The molecule has 0 spiro atoms. The number of carbonyl (C=O) groups excluding carboxylic acids is 2. The molecule has 24 heavy (non-hydrogen) atoms. The van der Waals surface area contributed by atoms with Crippen LogP contribution in [0.2, 0.25) is 0 Å². The SMILES string of the molecule is CC/N=C(\C1=C(O)C(=O)c2cc(C)ccc2C1=O)c1ccccc1. The van der Waals surface area contributed by atoms with E-state index in [9.17, 15) is 14.7 Å². The van der Waals surface area contributed by atoms with Crippen LogP contribution in [0.3, 0.4) is 0 Å². The van der Waals surface area contributed by atoms with Crippen LogP contribution in [0.5, 0.6) is 0 Å². The number of aliphatic hydroxyl groups is 1. The van der Waals surface area contributed by atoms with Gasteiger partial charge in [0.1, 0.15) is 0 Å². The summed E-state index contributed by atoms with van der Waals surface area (Å²) in [4.78, 5) is 29.8. The summed E-state index contributed by atoms with van der Waals surface area (Å²) in [6.07, 6.45) is 0. The van der Waals surface area contributed by atoms with Crippen LogP contribution in [-0.2, 0) is 0 Å². The molecule has 3 rings (SSSR count). The predicted molar refractivity (Wildman–Crippen MR) is 93.0 cm³/mol. The van der Waals surface area contributed by atoms with Crippen LogP contribution in [0.1, 0.15) is 38.8 Å². The Balaban J connectivity index is 2.22. The number of aliphatic imine (C=N–C) groups is 1. The maximum Gasteiger partial charge on any atom is 0.228 e. The maximum absolute atomic E-state index is 12.9. The highest BCUT2D eigenvalue weighted by molar-refractivity contribution is 6.40. The lowest BCUT2D eigenvalue weighted by molar-refractivity contribution is 0.0934. The summed E-state index contributed by atoms with van der Waals surface area (Å²) >= 11 is 0. The van der Waals surface area contributed by atoms with Gasteiger partial charge in [-0.3, -0.25) is 14.6 Å². The summed E-state index contributed by atoms with van der Waals surface area (Å²) in [6, 6.07) is 14.1. The number of aliphatic hydroxyl groups excluding tert-OH is 1. The fourth-order valence-electron chi connectivity index (χ4n) is 2.82. The van der Waals surface area contributed by atoms with Crippen molar-refractivity contribution >= 4 is 17.3 Å². The highest BCUT2D eigenvalue weighted by Gasteiger charge is 2.35. The molecule has 1 aliphatic carbocycles. The average molecular weight is 319 g/mol. The molecule has 0 fully saturated rings. The normalized spacial score (nSPS) is 14.8. The summed E-state index contributed by atoms with van der Waals surface area (Å²) in [5, 5.41) is 10.4. The largest absolute Gasteiger partial charge is 0.504 e. The molecule has 1 N–H and O–H groups in total. The molecule has 0 amide bonds. The monoisotopic (exact) mass is 319 g/mol. The Bertz CT molecular complexity index is 892. The minimum atomic E-state index is -0.539. The second-order valence-corrected chi connectivity index (χ2v) is 5.62. The first-order valence-electron chi connectivity index (χ1n) is 7.78. The molecule has 0 aliphatic heterocycles. The van der Waals surface area contributed by atoms with Crippen LogP contribution in [0.25, 0.3) is 0 Å². The van der Waals surface area contributed by atoms with Gasteiger partial charge in [-0.05, 0) is 19.9 Å². The summed E-state index contributed by atoms with van der Waals surface area (Å²) < 4.78 is 0. The number of aryl methyl sites for hydroxylation is 1. The zero-order valence-electron chi connectivity index (χ0n) is 13.5. The van der Waals surface area contributed by atoms with E-state index in [0.29, 0.717) is 23.4 Å². The van der Waals surface area contributed by atoms with Crippen molar-refractivity contribution in [3.8, 4) is 0 Å². The first-order valence-corrected chi connectivity index (χ1v) is 7.78. The molecule has 4 nitrogen and oxygen atoms in total. The van der Waals surface area contributed by atoms with Crippen molar-refractivity contribution < 1.29 is 14.7 Å². The van der Waals surface area contributed by atoms with Crippen LogP contribution < -0.4 is 0 Å². The van der Waals surface area contributed by atoms with Crippen molar-refractivity contribution in [1.82, 2.24) is 0 Å².